The summed E-state index contributed by atoms with van der Waals surface area (Å²) in [4.78, 5) is 10.4. The van der Waals surface area contributed by atoms with Gasteiger partial charge in [-0.2, -0.15) is 5.10 Å². The summed E-state index contributed by atoms with van der Waals surface area (Å²) < 4.78 is 0.822. The number of hydrogen-bond acceptors (Lipinski definition) is 4. The van der Waals surface area contributed by atoms with Crippen LogP contribution in [0.25, 0.3) is 0 Å². The van der Waals surface area contributed by atoms with Gasteiger partial charge in [-0.05, 0) is 17.1 Å². The highest BCUT2D eigenvalue weighted by atomic mass is 32.2. The van der Waals surface area contributed by atoms with Crippen LogP contribution >= 0.6 is 23.1 Å². The van der Waals surface area contributed by atoms with Crippen LogP contribution in [0.1, 0.15) is 6.92 Å². The third-order valence-corrected chi connectivity index (χ3v) is 2.46. The van der Waals surface area contributed by atoms with Crippen molar-refractivity contribution in [1.29, 1.82) is 0 Å². The maximum Gasteiger partial charge on any atom is 0.323 e. The van der Waals surface area contributed by atoms with Gasteiger partial charge in [0.25, 0.3) is 0 Å². The van der Waals surface area contributed by atoms with Crippen molar-refractivity contribution in [3.63, 3.8) is 0 Å². The van der Waals surface area contributed by atoms with Crippen LogP contribution in [0.3, 0.4) is 0 Å². The van der Waals surface area contributed by atoms with Gasteiger partial charge in [-0.1, -0.05) is 18.7 Å². The Hall–Kier alpha value is -0.290. The predicted octanol–water partition coefficient (Wildman–Crippen LogP) is 0.943. The average molecular weight is 162 g/mol. The Bertz CT molecular complexity index is 228. The van der Waals surface area contributed by atoms with E-state index >= 15 is 0 Å². The molecule has 1 N–H and O–H groups in total. The van der Waals surface area contributed by atoms with E-state index in [-0.39, 0.29) is 4.87 Å². The first-order valence-corrected chi connectivity index (χ1v) is 4.31. The second-order valence-corrected chi connectivity index (χ2v) is 3.78. The van der Waals surface area contributed by atoms with Gasteiger partial charge >= 0.3 is 4.87 Å². The lowest BCUT2D eigenvalue weighted by atomic mass is 11.0. The SMILES string of the molecule is CCSc1n[nH]c(=O)s1. The molecule has 9 heavy (non-hydrogen) atoms. The van der Waals surface area contributed by atoms with E-state index < -0.39 is 0 Å². The molecule has 1 aromatic heterocycles. The van der Waals surface area contributed by atoms with Gasteiger partial charge in [-0.15, -0.1) is 0 Å². The molecule has 0 amide bonds. The van der Waals surface area contributed by atoms with E-state index in [1.54, 1.807) is 11.8 Å². The molecule has 0 saturated carbocycles. The molecule has 0 unspecified atom stereocenters. The molecule has 0 bridgehead atoms. The van der Waals surface area contributed by atoms with Gasteiger partial charge in [0.1, 0.15) is 0 Å². The summed E-state index contributed by atoms with van der Waals surface area (Å²) in [6.45, 7) is 2.02. The molecule has 0 aromatic carbocycles. The fourth-order valence-electron chi connectivity index (χ4n) is 0.401. The molecule has 0 aliphatic heterocycles. The van der Waals surface area contributed by atoms with E-state index in [0.717, 1.165) is 21.4 Å². The second kappa shape index (κ2) is 3.03. The van der Waals surface area contributed by atoms with Crippen LogP contribution in [-0.2, 0) is 0 Å². The van der Waals surface area contributed by atoms with Crippen LogP contribution < -0.4 is 4.87 Å². The quantitative estimate of drug-likeness (QED) is 0.658. The molecule has 1 heterocycles. The van der Waals surface area contributed by atoms with Crippen molar-refractivity contribution in [1.82, 2.24) is 10.2 Å². The number of nitrogens with zero attached hydrogens (tertiary/aromatic N) is 1. The Morgan fingerprint density at radius 3 is 3.11 bits per heavy atom. The molecule has 0 atom stereocenters. The summed E-state index contributed by atoms with van der Waals surface area (Å²) in [7, 11) is 0. The number of nitrogens with one attached hydrogen (secondary N) is 1. The van der Waals surface area contributed by atoms with Gasteiger partial charge in [0.15, 0.2) is 4.34 Å². The van der Waals surface area contributed by atoms with Crippen LogP contribution in [0.2, 0.25) is 0 Å². The molecule has 50 valence electrons. The first-order valence-electron chi connectivity index (χ1n) is 2.51. The lowest BCUT2D eigenvalue weighted by Gasteiger charge is -1.82. The van der Waals surface area contributed by atoms with E-state index in [0.29, 0.717) is 0 Å². The highest BCUT2D eigenvalue weighted by Crippen LogP contribution is 2.14. The van der Waals surface area contributed by atoms with Gasteiger partial charge in [-0.3, -0.25) is 4.79 Å². The summed E-state index contributed by atoms with van der Waals surface area (Å²) >= 11 is 2.73. The number of H-pyrrole nitrogens is 1. The molecule has 0 spiro atoms. The molecule has 0 radical (unpaired) electrons. The molecular formula is C4H6N2OS2. The van der Waals surface area contributed by atoms with Gasteiger partial charge in [0.05, 0.1) is 0 Å². The molecular weight excluding hydrogens is 156 g/mol. The Kier molecular flexibility index (Phi) is 2.29. The number of hydrogen-bond donors (Lipinski definition) is 1. The number of rotatable bonds is 2. The van der Waals surface area contributed by atoms with E-state index in [9.17, 15) is 4.79 Å². The Morgan fingerprint density at radius 1 is 1.89 bits per heavy atom. The van der Waals surface area contributed by atoms with Gasteiger partial charge in [-0.25, -0.2) is 5.10 Å². The normalized spacial score (nSPS) is 9.89. The number of aromatic nitrogens is 2. The summed E-state index contributed by atoms with van der Waals surface area (Å²) in [5.74, 6) is 0.959. The summed E-state index contributed by atoms with van der Waals surface area (Å²) in [6.07, 6.45) is 0. The highest BCUT2D eigenvalue weighted by Gasteiger charge is 1.95. The minimum absolute atomic E-state index is 0.0778. The van der Waals surface area contributed by atoms with E-state index in [1.165, 1.54) is 0 Å². The van der Waals surface area contributed by atoms with Crippen molar-refractivity contribution in [2.45, 2.75) is 11.3 Å². The fraction of sp³-hybridized carbons (Fsp3) is 0.500. The number of thioether (sulfide) groups is 1. The van der Waals surface area contributed by atoms with Crippen molar-refractivity contribution in [2.24, 2.45) is 0 Å². The third kappa shape index (κ3) is 1.83. The topological polar surface area (TPSA) is 45.8 Å². The number of aromatic amines is 1. The van der Waals surface area contributed by atoms with Crippen molar-refractivity contribution >= 4 is 23.1 Å². The summed E-state index contributed by atoms with van der Waals surface area (Å²) in [5.41, 5.74) is 0. The zero-order valence-electron chi connectivity index (χ0n) is 4.88. The molecule has 0 aliphatic rings. The van der Waals surface area contributed by atoms with Crippen LogP contribution in [0.5, 0.6) is 0 Å². The van der Waals surface area contributed by atoms with E-state index in [4.69, 9.17) is 0 Å². The lowest BCUT2D eigenvalue weighted by Crippen LogP contribution is -1.90. The van der Waals surface area contributed by atoms with Crippen molar-refractivity contribution in [3.05, 3.63) is 9.67 Å². The van der Waals surface area contributed by atoms with Gasteiger partial charge < -0.3 is 0 Å². The Labute approximate surface area is 60.5 Å². The molecule has 1 aromatic rings. The molecule has 5 heteroatoms. The van der Waals surface area contributed by atoms with Gasteiger partial charge in [0, 0.05) is 0 Å². The molecule has 0 saturated heterocycles. The third-order valence-electron chi connectivity index (χ3n) is 0.686. The van der Waals surface area contributed by atoms with Crippen molar-refractivity contribution < 1.29 is 0 Å². The highest BCUT2D eigenvalue weighted by molar-refractivity contribution is 8.00. The minimum Gasteiger partial charge on any atom is -0.255 e. The zero-order chi connectivity index (χ0) is 6.69. The molecule has 1 rings (SSSR count). The second-order valence-electron chi connectivity index (χ2n) is 1.31. The van der Waals surface area contributed by atoms with Crippen LogP contribution in [0, 0.1) is 0 Å². The van der Waals surface area contributed by atoms with Crippen molar-refractivity contribution in [2.75, 3.05) is 5.75 Å². The maximum absolute atomic E-state index is 10.5. The van der Waals surface area contributed by atoms with Crippen LogP contribution in [-0.4, -0.2) is 16.0 Å². The van der Waals surface area contributed by atoms with E-state index in [2.05, 4.69) is 10.2 Å². The lowest BCUT2D eigenvalue weighted by molar-refractivity contribution is 0.988. The standard InChI is InChI=1S/C4H6N2OS2/c1-2-8-4-6-5-3(7)9-4/h2H2,1H3,(H,5,7). The summed E-state index contributed by atoms with van der Waals surface area (Å²) in [6, 6.07) is 0. The van der Waals surface area contributed by atoms with Crippen LogP contribution in [0.15, 0.2) is 9.13 Å². The van der Waals surface area contributed by atoms with Crippen molar-refractivity contribution in [3.8, 4) is 0 Å². The monoisotopic (exact) mass is 162 g/mol. The molecule has 0 aliphatic carbocycles. The smallest absolute Gasteiger partial charge is 0.255 e. The van der Waals surface area contributed by atoms with E-state index in [1.807, 2.05) is 6.92 Å². The van der Waals surface area contributed by atoms with Gasteiger partial charge in [0.2, 0.25) is 0 Å². The average Bonchev–Trinajstić information content (AvgIpc) is 2.17. The molecule has 3 nitrogen and oxygen atoms in total. The minimum atomic E-state index is -0.0778. The maximum atomic E-state index is 10.5. The largest absolute Gasteiger partial charge is 0.323 e. The molecule has 0 fully saturated rings. The van der Waals surface area contributed by atoms with Crippen LogP contribution in [0.4, 0.5) is 0 Å². The first kappa shape index (κ1) is 6.82. The Balaban J connectivity index is 2.73. The fourth-order valence-corrected chi connectivity index (χ4v) is 1.92. The zero-order valence-corrected chi connectivity index (χ0v) is 6.51. The first-order chi connectivity index (χ1) is 4.33. The predicted molar refractivity (Wildman–Crippen MR) is 39.1 cm³/mol. The Morgan fingerprint density at radius 2 is 2.67 bits per heavy atom. The summed E-state index contributed by atoms with van der Waals surface area (Å²) in [5, 5.41) is 6.10.